The van der Waals surface area contributed by atoms with Crippen LogP contribution in [-0.4, -0.2) is 20.9 Å². The highest BCUT2D eigenvalue weighted by molar-refractivity contribution is 9.10. The van der Waals surface area contributed by atoms with Gasteiger partial charge in [-0.15, -0.1) is 0 Å². The van der Waals surface area contributed by atoms with E-state index in [1.807, 2.05) is 25.1 Å². The van der Waals surface area contributed by atoms with E-state index in [0.29, 0.717) is 6.54 Å². The monoisotopic (exact) mass is 282 g/mol. The first-order valence-corrected chi connectivity index (χ1v) is 5.72. The molecule has 2 aromatic rings. The molecule has 0 radical (unpaired) electrons. The molecule has 1 heterocycles. The average molecular weight is 283 g/mol. The Labute approximate surface area is 101 Å². The van der Waals surface area contributed by atoms with Gasteiger partial charge in [0.2, 0.25) is 0 Å². The van der Waals surface area contributed by atoms with Crippen LogP contribution in [-0.2, 0) is 11.3 Å². The molecule has 0 unspecified atom stereocenters. The number of benzene rings is 1. The first-order chi connectivity index (χ1) is 7.59. The zero-order valence-electron chi connectivity index (χ0n) is 8.77. The summed E-state index contributed by atoms with van der Waals surface area (Å²) in [6.45, 7) is 2.35. The Morgan fingerprint density at radius 3 is 2.94 bits per heavy atom. The number of carboxylic acid groups (broad SMARTS) is 1. The molecule has 5 heteroatoms. The van der Waals surface area contributed by atoms with E-state index in [9.17, 15) is 4.79 Å². The molecule has 1 aromatic heterocycles. The Kier molecular flexibility index (Phi) is 2.96. The van der Waals surface area contributed by atoms with Crippen molar-refractivity contribution < 1.29 is 9.90 Å². The quantitative estimate of drug-likeness (QED) is 0.942. The fourth-order valence-electron chi connectivity index (χ4n) is 1.71. The van der Waals surface area contributed by atoms with Crippen LogP contribution in [0.2, 0.25) is 0 Å². The van der Waals surface area contributed by atoms with Gasteiger partial charge in [-0.2, -0.15) is 5.10 Å². The summed E-state index contributed by atoms with van der Waals surface area (Å²) in [6.07, 6.45) is 0.0897. The lowest BCUT2D eigenvalue weighted by Gasteiger charge is -2.01. The molecule has 84 valence electrons. The average Bonchev–Trinajstić information content (AvgIpc) is 2.54. The number of fused-ring (bicyclic) bond motifs is 1. The van der Waals surface area contributed by atoms with Crippen LogP contribution in [0.4, 0.5) is 0 Å². The number of hydrogen-bond acceptors (Lipinski definition) is 2. The Morgan fingerprint density at radius 1 is 1.56 bits per heavy atom. The summed E-state index contributed by atoms with van der Waals surface area (Å²) in [7, 11) is 0. The number of carbonyl (C=O) groups is 1. The lowest BCUT2D eigenvalue weighted by atomic mass is 10.2. The number of aryl methyl sites for hydroxylation is 2. The van der Waals surface area contributed by atoms with Gasteiger partial charge in [-0.25, -0.2) is 0 Å². The summed E-state index contributed by atoms with van der Waals surface area (Å²) in [5.74, 6) is -0.807. The number of aliphatic carboxylic acids is 1. The third kappa shape index (κ3) is 1.95. The first kappa shape index (κ1) is 11.1. The molecule has 1 aromatic carbocycles. The summed E-state index contributed by atoms with van der Waals surface area (Å²) >= 11 is 3.47. The van der Waals surface area contributed by atoms with Crippen molar-refractivity contribution in [1.82, 2.24) is 9.78 Å². The summed E-state index contributed by atoms with van der Waals surface area (Å²) < 4.78 is 2.73. The van der Waals surface area contributed by atoms with Crippen molar-refractivity contribution in [3.05, 3.63) is 28.4 Å². The maximum absolute atomic E-state index is 10.5. The van der Waals surface area contributed by atoms with E-state index in [-0.39, 0.29) is 6.42 Å². The molecule has 0 aliphatic rings. The van der Waals surface area contributed by atoms with Crippen molar-refractivity contribution in [2.45, 2.75) is 19.9 Å². The molecular formula is C11H11BrN2O2. The Bertz CT molecular complexity index is 548. The van der Waals surface area contributed by atoms with Crippen molar-refractivity contribution in [2.75, 3.05) is 0 Å². The van der Waals surface area contributed by atoms with Crippen LogP contribution < -0.4 is 0 Å². The molecule has 16 heavy (non-hydrogen) atoms. The summed E-state index contributed by atoms with van der Waals surface area (Å²) in [4.78, 5) is 10.5. The second-order valence-electron chi connectivity index (χ2n) is 3.59. The highest BCUT2D eigenvalue weighted by Crippen LogP contribution is 2.26. The molecule has 0 atom stereocenters. The predicted molar refractivity (Wildman–Crippen MR) is 64.4 cm³/mol. The van der Waals surface area contributed by atoms with Gasteiger partial charge < -0.3 is 5.11 Å². The number of hydrogen-bond donors (Lipinski definition) is 1. The molecule has 0 aliphatic heterocycles. The van der Waals surface area contributed by atoms with Crippen LogP contribution >= 0.6 is 15.9 Å². The second kappa shape index (κ2) is 4.25. The largest absolute Gasteiger partial charge is 0.481 e. The molecule has 0 aliphatic carbocycles. The summed E-state index contributed by atoms with van der Waals surface area (Å²) in [5, 5.41) is 14.1. The molecule has 0 bridgehead atoms. The van der Waals surface area contributed by atoms with Crippen LogP contribution in [0.15, 0.2) is 22.7 Å². The van der Waals surface area contributed by atoms with Crippen molar-refractivity contribution in [1.29, 1.82) is 0 Å². The molecular weight excluding hydrogens is 272 g/mol. The van der Waals surface area contributed by atoms with Crippen molar-refractivity contribution in [3.8, 4) is 0 Å². The maximum atomic E-state index is 10.5. The third-order valence-electron chi connectivity index (χ3n) is 2.51. The molecule has 0 saturated carbocycles. The molecule has 4 nitrogen and oxygen atoms in total. The second-order valence-corrected chi connectivity index (χ2v) is 4.44. The van der Waals surface area contributed by atoms with Gasteiger partial charge in [0.1, 0.15) is 0 Å². The lowest BCUT2D eigenvalue weighted by molar-refractivity contribution is -0.137. The van der Waals surface area contributed by atoms with E-state index in [4.69, 9.17) is 5.11 Å². The van der Waals surface area contributed by atoms with Gasteiger partial charge >= 0.3 is 5.97 Å². The highest BCUT2D eigenvalue weighted by Gasteiger charge is 2.10. The fourth-order valence-corrected chi connectivity index (χ4v) is 2.35. The SMILES string of the molecule is Cc1c2c(Br)cccc2nn1CCC(=O)O. The van der Waals surface area contributed by atoms with Gasteiger partial charge in [-0.1, -0.05) is 22.0 Å². The summed E-state index contributed by atoms with van der Waals surface area (Å²) in [5.41, 5.74) is 1.88. The van der Waals surface area contributed by atoms with Crippen LogP contribution in [0.1, 0.15) is 12.1 Å². The number of aromatic nitrogens is 2. The molecule has 2 rings (SSSR count). The van der Waals surface area contributed by atoms with E-state index in [2.05, 4.69) is 21.0 Å². The van der Waals surface area contributed by atoms with Crippen molar-refractivity contribution >= 4 is 32.8 Å². The fraction of sp³-hybridized carbons (Fsp3) is 0.273. The van der Waals surface area contributed by atoms with Gasteiger partial charge in [0.05, 0.1) is 18.5 Å². The number of nitrogens with zero attached hydrogens (tertiary/aromatic N) is 2. The van der Waals surface area contributed by atoms with Crippen molar-refractivity contribution in [2.24, 2.45) is 0 Å². The minimum Gasteiger partial charge on any atom is -0.481 e. The van der Waals surface area contributed by atoms with Crippen LogP contribution in [0.5, 0.6) is 0 Å². The normalized spacial score (nSPS) is 10.9. The smallest absolute Gasteiger partial charge is 0.305 e. The van der Waals surface area contributed by atoms with E-state index in [0.717, 1.165) is 21.1 Å². The molecule has 1 N–H and O–H groups in total. The number of halogens is 1. The lowest BCUT2D eigenvalue weighted by Crippen LogP contribution is -2.07. The van der Waals surface area contributed by atoms with Gasteiger partial charge in [0.15, 0.2) is 0 Å². The predicted octanol–water partition coefficient (Wildman–Crippen LogP) is 2.58. The number of rotatable bonds is 3. The standard InChI is InChI=1S/C11H11BrN2O2/c1-7-11-8(12)3-2-4-9(11)13-14(7)6-5-10(15)16/h2-4H,5-6H2,1H3,(H,15,16). The molecule has 0 fully saturated rings. The van der Waals surface area contributed by atoms with Crippen molar-refractivity contribution in [3.63, 3.8) is 0 Å². The van der Waals surface area contributed by atoms with Crippen LogP contribution in [0, 0.1) is 6.92 Å². The molecule has 0 saturated heterocycles. The Morgan fingerprint density at radius 2 is 2.31 bits per heavy atom. The van der Waals surface area contributed by atoms with Gasteiger partial charge in [-0.3, -0.25) is 9.48 Å². The molecule has 0 spiro atoms. The zero-order valence-corrected chi connectivity index (χ0v) is 10.4. The Hall–Kier alpha value is -1.36. The van der Waals surface area contributed by atoms with E-state index < -0.39 is 5.97 Å². The van der Waals surface area contributed by atoms with E-state index >= 15 is 0 Å². The molecule has 0 amide bonds. The van der Waals surface area contributed by atoms with Gasteiger partial charge in [0.25, 0.3) is 0 Å². The summed E-state index contributed by atoms with van der Waals surface area (Å²) in [6, 6.07) is 5.79. The van der Waals surface area contributed by atoms with Gasteiger partial charge in [-0.05, 0) is 19.1 Å². The third-order valence-corrected chi connectivity index (χ3v) is 3.17. The van der Waals surface area contributed by atoms with Crippen LogP contribution in [0.25, 0.3) is 10.9 Å². The zero-order chi connectivity index (χ0) is 11.7. The minimum atomic E-state index is -0.807. The maximum Gasteiger partial charge on any atom is 0.305 e. The Balaban J connectivity index is 2.44. The topological polar surface area (TPSA) is 55.1 Å². The highest BCUT2D eigenvalue weighted by atomic mass is 79.9. The van der Waals surface area contributed by atoms with E-state index in [1.165, 1.54) is 0 Å². The van der Waals surface area contributed by atoms with Crippen LogP contribution in [0.3, 0.4) is 0 Å². The van der Waals surface area contributed by atoms with E-state index in [1.54, 1.807) is 4.68 Å². The first-order valence-electron chi connectivity index (χ1n) is 4.93. The minimum absolute atomic E-state index is 0.0897. The van der Waals surface area contributed by atoms with Gasteiger partial charge in [0, 0.05) is 15.6 Å². The number of carboxylic acids is 1.